The number of benzene rings is 1. The Hall–Kier alpha value is -1.07. The number of sulfonamides is 1. The van der Waals surface area contributed by atoms with Gasteiger partial charge in [0.25, 0.3) is 0 Å². The zero-order valence-corrected chi connectivity index (χ0v) is 13.8. The summed E-state index contributed by atoms with van der Waals surface area (Å²) < 4.78 is 27.7. The summed E-state index contributed by atoms with van der Waals surface area (Å²) in [7, 11) is -1.59. The van der Waals surface area contributed by atoms with E-state index in [1.165, 1.54) is 0 Å². The Bertz CT molecular complexity index is 598. The first-order valence-corrected chi connectivity index (χ1v) is 8.46. The minimum atomic E-state index is -3.43. The molecule has 0 bridgehead atoms. The van der Waals surface area contributed by atoms with Crippen LogP contribution in [-0.4, -0.2) is 31.9 Å². The second kappa shape index (κ2) is 5.04. The Morgan fingerprint density at radius 3 is 2.15 bits per heavy atom. The Labute approximate surface area is 122 Å². The van der Waals surface area contributed by atoms with Crippen LogP contribution in [0, 0.1) is 13.8 Å². The van der Waals surface area contributed by atoms with Gasteiger partial charge in [-0.25, -0.2) is 8.42 Å². The first-order chi connectivity index (χ1) is 9.20. The fraction of sp³-hybridized carbons (Fsp3) is 0.600. The third-order valence-corrected chi connectivity index (χ3v) is 6.54. The highest BCUT2D eigenvalue weighted by atomic mass is 32.2. The van der Waals surface area contributed by atoms with Crippen LogP contribution in [0.25, 0.3) is 0 Å². The van der Waals surface area contributed by atoms with Gasteiger partial charge in [0.1, 0.15) is 0 Å². The van der Waals surface area contributed by atoms with Gasteiger partial charge >= 0.3 is 0 Å². The van der Waals surface area contributed by atoms with Crippen LogP contribution >= 0.6 is 0 Å². The van der Waals surface area contributed by atoms with Gasteiger partial charge in [-0.3, -0.25) is 0 Å². The lowest BCUT2D eigenvalue weighted by molar-refractivity contribution is 0.291. The zero-order valence-electron chi connectivity index (χ0n) is 12.9. The van der Waals surface area contributed by atoms with Crippen LogP contribution in [0.5, 0.6) is 0 Å². The quantitative estimate of drug-likeness (QED) is 0.933. The van der Waals surface area contributed by atoms with Crippen LogP contribution in [0.4, 0.5) is 5.69 Å². The summed E-state index contributed by atoms with van der Waals surface area (Å²) in [5.41, 5.74) is 2.26. The van der Waals surface area contributed by atoms with Crippen molar-refractivity contribution in [3.63, 3.8) is 0 Å². The number of rotatable bonds is 3. The Kier molecular flexibility index (Phi) is 3.86. The van der Waals surface area contributed by atoms with Crippen LogP contribution in [-0.2, 0) is 10.0 Å². The van der Waals surface area contributed by atoms with Crippen molar-refractivity contribution in [1.29, 1.82) is 0 Å². The molecular formula is C15H24N2O2S. The molecule has 4 nitrogen and oxygen atoms in total. The van der Waals surface area contributed by atoms with Gasteiger partial charge in [0.05, 0.1) is 4.90 Å². The molecular weight excluding hydrogens is 272 g/mol. The van der Waals surface area contributed by atoms with Gasteiger partial charge in [0, 0.05) is 24.8 Å². The molecule has 20 heavy (non-hydrogen) atoms. The van der Waals surface area contributed by atoms with Gasteiger partial charge in [0.2, 0.25) is 10.0 Å². The van der Waals surface area contributed by atoms with Crippen molar-refractivity contribution < 1.29 is 8.42 Å². The number of nitrogens with one attached hydrogen (secondary N) is 1. The molecule has 1 fully saturated rings. The monoisotopic (exact) mass is 296 g/mol. The lowest BCUT2D eigenvalue weighted by Crippen LogP contribution is -2.43. The normalized spacial score (nSPS) is 19.2. The van der Waals surface area contributed by atoms with Crippen molar-refractivity contribution in [2.45, 2.75) is 51.0 Å². The minimum Gasteiger partial charge on any atom is -0.388 e. The third kappa shape index (κ3) is 2.44. The standard InChI is InChI=1S/C15H24N2O2S/c1-11-9-13(16-5)10-12(2)14(11)20(18,19)17-8-6-7-15(17,3)4/h9-10,16H,6-8H2,1-5H3. The molecule has 1 aromatic carbocycles. The van der Waals surface area contributed by atoms with Gasteiger partial charge in [-0.15, -0.1) is 0 Å². The van der Waals surface area contributed by atoms with Crippen molar-refractivity contribution in [1.82, 2.24) is 4.31 Å². The SMILES string of the molecule is CNc1cc(C)c(S(=O)(=O)N2CCCC2(C)C)c(C)c1. The van der Waals surface area contributed by atoms with Crippen LogP contribution in [0.3, 0.4) is 0 Å². The highest BCUT2D eigenvalue weighted by Crippen LogP contribution is 2.36. The van der Waals surface area contributed by atoms with Crippen molar-refractivity contribution in [2.75, 3.05) is 18.9 Å². The molecule has 1 aliphatic rings. The lowest BCUT2D eigenvalue weighted by Gasteiger charge is -2.31. The molecule has 112 valence electrons. The fourth-order valence-corrected chi connectivity index (χ4v) is 5.40. The Morgan fingerprint density at radius 2 is 1.75 bits per heavy atom. The molecule has 1 aliphatic heterocycles. The molecule has 1 N–H and O–H groups in total. The van der Waals surface area contributed by atoms with Crippen molar-refractivity contribution in [3.05, 3.63) is 23.3 Å². The van der Waals surface area contributed by atoms with Crippen molar-refractivity contribution in [3.8, 4) is 0 Å². The maximum atomic E-state index is 13.0. The van der Waals surface area contributed by atoms with E-state index in [2.05, 4.69) is 5.32 Å². The molecule has 1 saturated heterocycles. The number of anilines is 1. The summed E-state index contributed by atoms with van der Waals surface area (Å²) in [5, 5.41) is 3.06. The van der Waals surface area contributed by atoms with E-state index in [1.807, 2.05) is 46.9 Å². The lowest BCUT2D eigenvalue weighted by atomic mass is 10.0. The molecule has 1 aromatic rings. The number of hydrogen-bond donors (Lipinski definition) is 1. The summed E-state index contributed by atoms with van der Waals surface area (Å²) >= 11 is 0. The molecule has 0 aromatic heterocycles. The van der Waals surface area contributed by atoms with E-state index in [-0.39, 0.29) is 5.54 Å². The molecule has 0 radical (unpaired) electrons. The number of nitrogens with zero attached hydrogens (tertiary/aromatic N) is 1. The number of hydrogen-bond acceptors (Lipinski definition) is 3. The van der Waals surface area contributed by atoms with Crippen LogP contribution < -0.4 is 5.32 Å². The summed E-state index contributed by atoms with van der Waals surface area (Å²) in [5.74, 6) is 0. The van der Waals surface area contributed by atoms with Crippen molar-refractivity contribution in [2.24, 2.45) is 0 Å². The van der Waals surface area contributed by atoms with Gasteiger partial charge in [-0.2, -0.15) is 4.31 Å². The molecule has 0 spiro atoms. The van der Waals surface area contributed by atoms with E-state index >= 15 is 0 Å². The first kappa shape index (κ1) is 15.3. The summed E-state index contributed by atoms with van der Waals surface area (Å²) in [6.45, 7) is 8.35. The van der Waals surface area contributed by atoms with E-state index in [0.29, 0.717) is 11.4 Å². The van der Waals surface area contributed by atoms with Crippen LogP contribution in [0.2, 0.25) is 0 Å². The van der Waals surface area contributed by atoms with Crippen LogP contribution in [0.1, 0.15) is 37.8 Å². The predicted molar refractivity (Wildman–Crippen MR) is 82.7 cm³/mol. The van der Waals surface area contributed by atoms with Gasteiger partial charge in [0.15, 0.2) is 0 Å². The smallest absolute Gasteiger partial charge is 0.244 e. The molecule has 0 amide bonds. The number of aryl methyl sites for hydroxylation is 2. The largest absolute Gasteiger partial charge is 0.388 e. The van der Waals surface area contributed by atoms with E-state index in [1.54, 1.807) is 4.31 Å². The first-order valence-electron chi connectivity index (χ1n) is 7.02. The maximum absolute atomic E-state index is 13.0. The summed E-state index contributed by atoms with van der Waals surface area (Å²) in [6, 6.07) is 3.78. The summed E-state index contributed by atoms with van der Waals surface area (Å²) in [4.78, 5) is 0.464. The highest BCUT2D eigenvalue weighted by molar-refractivity contribution is 7.89. The van der Waals surface area contributed by atoms with Gasteiger partial charge < -0.3 is 5.32 Å². The molecule has 0 aliphatic carbocycles. The average molecular weight is 296 g/mol. The molecule has 0 saturated carbocycles. The second-order valence-electron chi connectivity index (χ2n) is 6.18. The fourth-order valence-electron chi connectivity index (χ4n) is 3.14. The van der Waals surface area contributed by atoms with E-state index in [9.17, 15) is 8.42 Å². The Balaban J connectivity index is 2.56. The van der Waals surface area contributed by atoms with E-state index in [4.69, 9.17) is 0 Å². The molecule has 0 unspecified atom stereocenters. The molecule has 0 atom stereocenters. The zero-order chi connectivity index (χ0) is 15.1. The van der Waals surface area contributed by atoms with Crippen molar-refractivity contribution >= 4 is 15.7 Å². The highest BCUT2D eigenvalue weighted by Gasteiger charge is 2.41. The molecule has 5 heteroatoms. The minimum absolute atomic E-state index is 0.292. The van der Waals surface area contributed by atoms with Gasteiger partial charge in [-0.05, 0) is 63.8 Å². The summed E-state index contributed by atoms with van der Waals surface area (Å²) in [6.07, 6.45) is 1.85. The van der Waals surface area contributed by atoms with E-state index < -0.39 is 10.0 Å². The average Bonchev–Trinajstić information content (AvgIpc) is 2.68. The topological polar surface area (TPSA) is 49.4 Å². The molecule has 1 heterocycles. The maximum Gasteiger partial charge on any atom is 0.244 e. The second-order valence-corrected chi connectivity index (χ2v) is 7.98. The third-order valence-electron chi connectivity index (χ3n) is 4.12. The van der Waals surface area contributed by atoms with E-state index in [0.717, 1.165) is 29.7 Å². The van der Waals surface area contributed by atoms with Crippen LogP contribution in [0.15, 0.2) is 17.0 Å². The van der Waals surface area contributed by atoms with Gasteiger partial charge in [-0.1, -0.05) is 0 Å². The molecule has 2 rings (SSSR count). The Morgan fingerprint density at radius 1 is 1.20 bits per heavy atom. The predicted octanol–water partition coefficient (Wildman–Crippen LogP) is 2.91.